The molecular weight excluding hydrogens is 362 g/mol. The summed E-state index contributed by atoms with van der Waals surface area (Å²) in [4.78, 5) is 50.5. The van der Waals surface area contributed by atoms with Crippen molar-refractivity contribution in [3.63, 3.8) is 0 Å². The molecule has 28 heavy (non-hydrogen) atoms. The molecule has 1 aliphatic carbocycles. The molecule has 0 saturated carbocycles. The van der Waals surface area contributed by atoms with Gasteiger partial charge in [-0.1, -0.05) is 24.3 Å². The normalized spacial score (nSPS) is 21.9. The summed E-state index contributed by atoms with van der Waals surface area (Å²) in [5.41, 5.74) is 5.38. The standard InChI is InChI=1S/C20H23N3O5/c1-12(23-19(26)15-5-3-4-6-16(15)20(23)27)18(25)22-21-17(24)11-13-7-9-14(28-2)10-8-13/h3-4,7-10,12,15-16H,5-6,11H2,1-2H3,(H,21,24)(H,22,25)/t12-,15-,16+/m0/s1. The van der Waals surface area contributed by atoms with Gasteiger partial charge < -0.3 is 4.74 Å². The number of benzene rings is 1. The van der Waals surface area contributed by atoms with Crippen molar-refractivity contribution in [1.82, 2.24) is 15.8 Å². The zero-order valence-electron chi connectivity index (χ0n) is 15.8. The van der Waals surface area contributed by atoms with Crippen LogP contribution >= 0.6 is 0 Å². The third-order valence-corrected chi connectivity index (χ3v) is 5.16. The smallest absolute Gasteiger partial charge is 0.261 e. The number of methoxy groups -OCH3 is 1. The number of hydrogen-bond acceptors (Lipinski definition) is 5. The lowest BCUT2D eigenvalue weighted by molar-refractivity contribution is -0.147. The number of rotatable bonds is 5. The van der Waals surface area contributed by atoms with Gasteiger partial charge in [-0.25, -0.2) is 0 Å². The van der Waals surface area contributed by atoms with E-state index in [1.54, 1.807) is 31.4 Å². The van der Waals surface area contributed by atoms with Crippen LogP contribution in [0.2, 0.25) is 0 Å². The third-order valence-electron chi connectivity index (χ3n) is 5.16. The highest BCUT2D eigenvalue weighted by molar-refractivity contribution is 6.08. The van der Waals surface area contributed by atoms with Crippen LogP contribution in [-0.4, -0.2) is 41.7 Å². The minimum atomic E-state index is -0.994. The second-order valence-corrected chi connectivity index (χ2v) is 6.94. The van der Waals surface area contributed by atoms with Crippen molar-refractivity contribution in [2.24, 2.45) is 11.8 Å². The predicted octanol–water partition coefficient (Wildman–Crippen LogP) is 0.725. The lowest BCUT2D eigenvalue weighted by Gasteiger charge is -2.22. The maximum Gasteiger partial charge on any atom is 0.261 e. The van der Waals surface area contributed by atoms with Crippen molar-refractivity contribution in [2.45, 2.75) is 32.2 Å². The van der Waals surface area contributed by atoms with Crippen LogP contribution in [0.1, 0.15) is 25.3 Å². The largest absolute Gasteiger partial charge is 0.497 e. The first-order chi connectivity index (χ1) is 13.4. The van der Waals surface area contributed by atoms with E-state index in [0.717, 1.165) is 10.5 Å². The zero-order valence-corrected chi connectivity index (χ0v) is 15.8. The van der Waals surface area contributed by atoms with E-state index in [2.05, 4.69) is 10.9 Å². The fourth-order valence-corrected chi connectivity index (χ4v) is 3.53. The van der Waals surface area contributed by atoms with Crippen LogP contribution in [0.25, 0.3) is 0 Å². The van der Waals surface area contributed by atoms with Crippen molar-refractivity contribution in [1.29, 1.82) is 0 Å². The van der Waals surface area contributed by atoms with Gasteiger partial charge >= 0.3 is 0 Å². The van der Waals surface area contributed by atoms with Crippen LogP contribution in [-0.2, 0) is 25.6 Å². The molecule has 0 aromatic heterocycles. The molecule has 148 valence electrons. The molecule has 1 aromatic rings. The Morgan fingerprint density at radius 3 is 2.18 bits per heavy atom. The van der Waals surface area contributed by atoms with Crippen LogP contribution in [0.5, 0.6) is 5.75 Å². The van der Waals surface area contributed by atoms with Gasteiger partial charge in [-0.2, -0.15) is 0 Å². The molecule has 2 N–H and O–H groups in total. The van der Waals surface area contributed by atoms with Gasteiger partial charge in [0.05, 0.1) is 25.4 Å². The lowest BCUT2D eigenvalue weighted by Crippen LogP contribution is -2.53. The van der Waals surface area contributed by atoms with Crippen molar-refractivity contribution in [2.75, 3.05) is 7.11 Å². The van der Waals surface area contributed by atoms with Crippen LogP contribution in [0.15, 0.2) is 36.4 Å². The number of carbonyl (C=O) groups excluding carboxylic acids is 4. The van der Waals surface area contributed by atoms with Crippen molar-refractivity contribution in [3.05, 3.63) is 42.0 Å². The van der Waals surface area contributed by atoms with E-state index in [-0.39, 0.29) is 18.2 Å². The van der Waals surface area contributed by atoms with E-state index in [0.29, 0.717) is 18.6 Å². The molecule has 1 fully saturated rings. The minimum Gasteiger partial charge on any atom is -0.497 e. The van der Waals surface area contributed by atoms with Gasteiger partial charge in [0.2, 0.25) is 17.7 Å². The Morgan fingerprint density at radius 2 is 1.64 bits per heavy atom. The molecule has 1 heterocycles. The fourth-order valence-electron chi connectivity index (χ4n) is 3.53. The number of likely N-dealkylation sites (tertiary alicyclic amines) is 1. The molecular formula is C20H23N3O5. The molecule has 2 aliphatic rings. The van der Waals surface area contributed by atoms with Gasteiger partial charge in [0.25, 0.3) is 5.91 Å². The minimum absolute atomic E-state index is 0.0655. The topological polar surface area (TPSA) is 105 Å². The molecule has 1 aliphatic heterocycles. The number of allylic oxidation sites excluding steroid dienone is 2. The molecule has 0 radical (unpaired) electrons. The molecule has 0 spiro atoms. The van der Waals surface area contributed by atoms with Gasteiger partial charge in [0, 0.05) is 0 Å². The maximum atomic E-state index is 12.5. The van der Waals surface area contributed by atoms with Gasteiger partial charge in [-0.3, -0.25) is 34.9 Å². The molecule has 0 unspecified atom stereocenters. The SMILES string of the molecule is COc1ccc(CC(=O)NNC(=O)[C@H](C)N2C(=O)[C@H]3CC=CC[C@H]3C2=O)cc1. The average molecular weight is 385 g/mol. The third kappa shape index (κ3) is 3.90. The number of ether oxygens (including phenoxy) is 1. The van der Waals surface area contributed by atoms with Crippen molar-refractivity contribution < 1.29 is 23.9 Å². The summed E-state index contributed by atoms with van der Waals surface area (Å²) in [6, 6.07) is 5.98. The summed E-state index contributed by atoms with van der Waals surface area (Å²) >= 11 is 0. The van der Waals surface area contributed by atoms with E-state index in [1.807, 2.05) is 12.2 Å². The Morgan fingerprint density at radius 1 is 1.07 bits per heavy atom. The van der Waals surface area contributed by atoms with Gasteiger partial charge in [-0.05, 0) is 37.5 Å². The maximum absolute atomic E-state index is 12.5. The second-order valence-electron chi connectivity index (χ2n) is 6.94. The summed E-state index contributed by atoms with van der Waals surface area (Å²) in [5.74, 6) is -1.78. The Balaban J connectivity index is 1.53. The van der Waals surface area contributed by atoms with Crippen molar-refractivity contribution in [3.8, 4) is 5.75 Å². The fraction of sp³-hybridized carbons (Fsp3) is 0.400. The Bertz CT molecular complexity index is 792. The predicted molar refractivity (Wildman–Crippen MR) is 99.7 cm³/mol. The number of hydrogen-bond donors (Lipinski definition) is 2. The van der Waals surface area contributed by atoms with Crippen LogP contribution in [0.4, 0.5) is 0 Å². The van der Waals surface area contributed by atoms with E-state index in [4.69, 9.17) is 4.74 Å². The number of hydrazine groups is 1. The summed E-state index contributed by atoms with van der Waals surface area (Å²) < 4.78 is 5.06. The molecule has 8 nitrogen and oxygen atoms in total. The molecule has 0 bridgehead atoms. The Labute approximate surface area is 162 Å². The van der Waals surface area contributed by atoms with Gasteiger partial charge in [-0.15, -0.1) is 0 Å². The monoisotopic (exact) mass is 385 g/mol. The zero-order chi connectivity index (χ0) is 20.3. The number of imide groups is 1. The number of fused-ring (bicyclic) bond motifs is 1. The van der Waals surface area contributed by atoms with Crippen LogP contribution < -0.4 is 15.6 Å². The van der Waals surface area contributed by atoms with E-state index >= 15 is 0 Å². The highest BCUT2D eigenvalue weighted by atomic mass is 16.5. The summed E-state index contributed by atoms with van der Waals surface area (Å²) in [5, 5.41) is 0. The molecule has 3 atom stereocenters. The molecule has 1 saturated heterocycles. The average Bonchev–Trinajstić information content (AvgIpc) is 2.97. The Kier molecular flexibility index (Phi) is 5.77. The first kappa shape index (κ1) is 19.6. The van der Waals surface area contributed by atoms with E-state index in [9.17, 15) is 19.2 Å². The Hall–Kier alpha value is -3.16. The molecule has 1 aromatic carbocycles. The number of carbonyl (C=O) groups is 4. The van der Waals surface area contributed by atoms with Crippen LogP contribution in [0.3, 0.4) is 0 Å². The summed E-state index contributed by atoms with van der Waals surface area (Å²) in [6.45, 7) is 1.48. The quantitative estimate of drug-likeness (QED) is 0.442. The highest BCUT2D eigenvalue weighted by Gasteiger charge is 2.50. The van der Waals surface area contributed by atoms with Gasteiger partial charge in [0.15, 0.2) is 0 Å². The first-order valence-corrected chi connectivity index (χ1v) is 9.16. The summed E-state index contributed by atoms with van der Waals surface area (Å²) in [6.07, 6.45) is 4.87. The molecule has 3 rings (SSSR count). The van der Waals surface area contributed by atoms with Gasteiger partial charge in [0.1, 0.15) is 11.8 Å². The first-order valence-electron chi connectivity index (χ1n) is 9.16. The lowest BCUT2D eigenvalue weighted by atomic mass is 9.85. The second kappa shape index (κ2) is 8.24. The number of amides is 4. The highest BCUT2D eigenvalue weighted by Crippen LogP contribution is 2.36. The van der Waals surface area contributed by atoms with Crippen molar-refractivity contribution >= 4 is 23.6 Å². The van der Waals surface area contributed by atoms with Crippen LogP contribution in [0, 0.1) is 11.8 Å². The number of nitrogens with zero attached hydrogens (tertiary/aromatic N) is 1. The molecule has 8 heteroatoms. The summed E-state index contributed by atoms with van der Waals surface area (Å²) in [7, 11) is 1.56. The number of nitrogens with one attached hydrogen (secondary N) is 2. The molecule has 4 amide bonds. The van der Waals surface area contributed by atoms with E-state index < -0.39 is 29.7 Å². The van der Waals surface area contributed by atoms with E-state index in [1.165, 1.54) is 6.92 Å².